The van der Waals surface area contributed by atoms with E-state index in [1.807, 2.05) is 62.4 Å². The molecule has 2 atom stereocenters. The summed E-state index contributed by atoms with van der Waals surface area (Å²) >= 11 is 6.39. The molecule has 1 aliphatic carbocycles. The number of hydrogen-bond donors (Lipinski definition) is 0. The number of amides is 1. The number of rotatable bonds is 8. The number of non-ortho nitro benzene ring substituents is 1. The quantitative estimate of drug-likeness (QED) is 0.210. The van der Waals surface area contributed by atoms with Gasteiger partial charge in [0, 0.05) is 18.1 Å². The van der Waals surface area contributed by atoms with E-state index in [2.05, 4.69) is 6.08 Å². The molecule has 2 aliphatic rings. The molecule has 0 bridgehead atoms. The Kier molecular flexibility index (Phi) is 8.16. The molecule has 1 aliphatic heterocycles. The SMILES string of the molecule is CCOc1ccc(/C=C2/CCC[C@H]3C2=NN(C(=O)c2cc([N+](=O)[O-])ccc2Cl)[C@H]3c2ccc(OCC)cc2)cc1. The summed E-state index contributed by atoms with van der Waals surface area (Å²) in [6, 6.07) is 19.1. The Morgan fingerprint density at radius 3 is 2.33 bits per heavy atom. The minimum Gasteiger partial charge on any atom is -0.494 e. The number of allylic oxidation sites excluding steroid dienone is 1. The minimum absolute atomic E-state index is 0.0398. The molecule has 0 spiro atoms. The van der Waals surface area contributed by atoms with Gasteiger partial charge in [0.25, 0.3) is 11.6 Å². The third-order valence-corrected chi connectivity index (χ3v) is 7.50. The lowest BCUT2D eigenvalue weighted by molar-refractivity contribution is -0.384. The fourth-order valence-electron chi connectivity index (χ4n) is 5.37. The van der Waals surface area contributed by atoms with Crippen LogP contribution in [0.25, 0.3) is 6.08 Å². The number of carbonyl (C=O) groups is 1. The molecule has 206 valence electrons. The molecule has 0 saturated heterocycles. The van der Waals surface area contributed by atoms with Crippen molar-refractivity contribution in [3.05, 3.63) is 104 Å². The van der Waals surface area contributed by atoms with Crippen LogP contribution in [0.2, 0.25) is 5.02 Å². The van der Waals surface area contributed by atoms with Gasteiger partial charge in [-0.15, -0.1) is 0 Å². The summed E-state index contributed by atoms with van der Waals surface area (Å²) in [6.07, 6.45) is 4.74. The first-order chi connectivity index (χ1) is 19.4. The second kappa shape index (κ2) is 11.9. The van der Waals surface area contributed by atoms with E-state index in [0.717, 1.165) is 53.2 Å². The van der Waals surface area contributed by atoms with Crippen molar-refractivity contribution in [2.45, 2.75) is 39.2 Å². The van der Waals surface area contributed by atoms with Crippen LogP contribution in [0.4, 0.5) is 5.69 Å². The van der Waals surface area contributed by atoms with Crippen molar-refractivity contribution in [3.8, 4) is 11.5 Å². The molecule has 0 aromatic heterocycles. The summed E-state index contributed by atoms with van der Waals surface area (Å²) < 4.78 is 11.2. The molecule has 0 unspecified atom stereocenters. The Morgan fingerprint density at radius 1 is 1.05 bits per heavy atom. The first-order valence-corrected chi connectivity index (χ1v) is 13.8. The van der Waals surface area contributed by atoms with Crippen molar-refractivity contribution < 1.29 is 19.2 Å². The van der Waals surface area contributed by atoms with Gasteiger partial charge >= 0.3 is 0 Å². The average Bonchev–Trinajstić information content (AvgIpc) is 3.35. The van der Waals surface area contributed by atoms with Gasteiger partial charge in [-0.2, -0.15) is 5.10 Å². The highest BCUT2D eigenvalue weighted by Gasteiger charge is 2.44. The van der Waals surface area contributed by atoms with Gasteiger partial charge in [0.2, 0.25) is 0 Å². The molecule has 3 aromatic rings. The van der Waals surface area contributed by atoms with Crippen LogP contribution in [-0.4, -0.2) is 34.8 Å². The van der Waals surface area contributed by atoms with Gasteiger partial charge in [-0.3, -0.25) is 14.9 Å². The maximum atomic E-state index is 14.0. The topological polar surface area (TPSA) is 94.3 Å². The number of carbonyl (C=O) groups excluding carboxylic acids is 1. The van der Waals surface area contributed by atoms with Gasteiger partial charge in [0.1, 0.15) is 11.5 Å². The van der Waals surface area contributed by atoms with E-state index in [4.69, 9.17) is 26.2 Å². The summed E-state index contributed by atoms with van der Waals surface area (Å²) in [6.45, 7) is 5.03. The molecule has 0 radical (unpaired) electrons. The number of hydrogen-bond acceptors (Lipinski definition) is 6. The summed E-state index contributed by atoms with van der Waals surface area (Å²) in [4.78, 5) is 24.9. The van der Waals surface area contributed by atoms with Crippen molar-refractivity contribution in [1.82, 2.24) is 5.01 Å². The van der Waals surface area contributed by atoms with Crippen LogP contribution in [0.1, 0.15) is 60.6 Å². The molecule has 8 nitrogen and oxygen atoms in total. The number of ether oxygens (including phenoxy) is 2. The molecule has 40 heavy (non-hydrogen) atoms. The lowest BCUT2D eigenvalue weighted by Gasteiger charge is -2.30. The summed E-state index contributed by atoms with van der Waals surface area (Å²) in [5.74, 6) is 1.03. The van der Waals surface area contributed by atoms with E-state index in [1.165, 1.54) is 23.2 Å². The van der Waals surface area contributed by atoms with Crippen molar-refractivity contribution in [1.29, 1.82) is 0 Å². The number of nitro groups is 1. The molecular weight excluding hydrogens is 530 g/mol. The zero-order valence-corrected chi connectivity index (χ0v) is 23.1. The third-order valence-electron chi connectivity index (χ3n) is 7.17. The second-order valence-electron chi connectivity index (χ2n) is 9.67. The van der Waals surface area contributed by atoms with E-state index in [9.17, 15) is 14.9 Å². The average molecular weight is 560 g/mol. The first-order valence-electron chi connectivity index (χ1n) is 13.4. The maximum Gasteiger partial charge on any atom is 0.276 e. The van der Waals surface area contributed by atoms with Crippen LogP contribution in [0, 0.1) is 16.0 Å². The number of halogens is 1. The zero-order valence-electron chi connectivity index (χ0n) is 22.4. The minimum atomic E-state index is -0.537. The molecule has 1 amide bonds. The smallest absolute Gasteiger partial charge is 0.276 e. The normalized spacial score (nSPS) is 19.2. The molecule has 9 heteroatoms. The highest BCUT2D eigenvalue weighted by atomic mass is 35.5. The fourth-order valence-corrected chi connectivity index (χ4v) is 5.57. The van der Waals surface area contributed by atoms with Crippen molar-refractivity contribution >= 4 is 35.0 Å². The lowest BCUT2D eigenvalue weighted by atomic mass is 9.77. The second-order valence-corrected chi connectivity index (χ2v) is 10.1. The first kappa shape index (κ1) is 27.4. The van der Waals surface area contributed by atoms with Crippen LogP contribution in [0.3, 0.4) is 0 Å². The molecule has 1 heterocycles. The van der Waals surface area contributed by atoms with Crippen molar-refractivity contribution in [3.63, 3.8) is 0 Å². The largest absolute Gasteiger partial charge is 0.494 e. The van der Waals surface area contributed by atoms with Gasteiger partial charge in [0.15, 0.2) is 0 Å². The highest BCUT2D eigenvalue weighted by Crippen LogP contribution is 2.45. The number of benzene rings is 3. The Morgan fingerprint density at radius 2 is 1.70 bits per heavy atom. The third kappa shape index (κ3) is 5.58. The molecule has 1 fully saturated rings. The Hall–Kier alpha value is -4.17. The summed E-state index contributed by atoms with van der Waals surface area (Å²) in [5, 5.41) is 17.9. The number of fused-ring (bicyclic) bond motifs is 1. The van der Waals surface area contributed by atoms with Gasteiger partial charge in [-0.1, -0.05) is 35.9 Å². The van der Waals surface area contributed by atoms with Crippen LogP contribution < -0.4 is 9.47 Å². The van der Waals surface area contributed by atoms with E-state index in [-0.39, 0.29) is 22.2 Å². The van der Waals surface area contributed by atoms with E-state index in [1.54, 1.807) is 0 Å². The molecule has 5 rings (SSSR count). The van der Waals surface area contributed by atoms with E-state index >= 15 is 0 Å². The molecule has 1 saturated carbocycles. The van der Waals surface area contributed by atoms with Crippen LogP contribution in [-0.2, 0) is 0 Å². The monoisotopic (exact) mass is 559 g/mol. The van der Waals surface area contributed by atoms with Crippen molar-refractivity contribution in [2.75, 3.05) is 13.2 Å². The van der Waals surface area contributed by atoms with Crippen LogP contribution >= 0.6 is 11.6 Å². The van der Waals surface area contributed by atoms with Gasteiger partial charge in [0.05, 0.1) is 40.5 Å². The van der Waals surface area contributed by atoms with Gasteiger partial charge < -0.3 is 9.47 Å². The highest BCUT2D eigenvalue weighted by molar-refractivity contribution is 6.34. The number of hydrazone groups is 1. The molecule has 3 aromatic carbocycles. The standard InChI is InChI=1S/C31H30ClN3O5/c1-3-39-24-13-8-20(9-14-24)18-22-6-5-7-26-29(22)33-34(30(26)21-10-15-25(16-11-21)40-4-2)31(36)27-19-23(35(37)38)12-17-28(27)32/h8-19,26,30H,3-7H2,1-2H3/b22-18-/t26-,30-/m0/s1. The Labute approximate surface area is 238 Å². The summed E-state index contributed by atoms with van der Waals surface area (Å²) in [5.41, 5.74) is 3.69. The van der Waals surface area contributed by atoms with Gasteiger partial charge in [-0.25, -0.2) is 5.01 Å². The molecular formula is C31H30ClN3O5. The predicted molar refractivity (Wildman–Crippen MR) is 155 cm³/mol. The fraction of sp³-hybridized carbons (Fsp3) is 0.290. The van der Waals surface area contributed by atoms with Crippen LogP contribution in [0.15, 0.2) is 77.4 Å². The van der Waals surface area contributed by atoms with Crippen molar-refractivity contribution in [2.24, 2.45) is 11.0 Å². The lowest BCUT2D eigenvalue weighted by Crippen LogP contribution is -2.32. The predicted octanol–water partition coefficient (Wildman–Crippen LogP) is 7.48. The molecule has 0 N–H and O–H groups in total. The number of nitro benzene ring substituents is 1. The Bertz CT molecular complexity index is 1470. The Balaban J connectivity index is 1.56. The summed E-state index contributed by atoms with van der Waals surface area (Å²) in [7, 11) is 0. The number of nitrogens with zero attached hydrogens (tertiary/aromatic N) is 3. The van der Waals surface area contributed by atoms with E-state index in [0.29, 0.717) is 13.2 Å². The van der Waals surface area contributed by atoms with E-state index < -0.39 is 16.9 Å². The maximum absolute atomic E-state index is 14.0. The zero-order chi connectivity index (χ0) is 28.2. The van der Waals surface area contributed by atoms with Gasteiger partial charge in [-0.05, 0) is 86.2 Å². The van der Waals surface area contributed by atoms with Crippen LogP contribution in [0.5, 0.6) is 11.5 Å².